The molecule has 2 rings (SSSR count). The average Bonchev–Trinajstić information content (AvgIpc) is 2.56. The van der Waals surface area contributed by atoms with Gasteiger partial charge in [-0.1, -0.05) is 13.8 Å². The lowest BCUT2D eigenvalue weighted by atomic mass is 9.96. The van der Waals surface area contributed by atoms with Crippen molar-refractivity contribution in [1.29, 1.82) is 0 Å². The molecule has 0 aromatic heterocycles. The third-order valence-corrected chi connectivity index (χ3v) is 6.67. The van der Waals surface area contributed by atoms with Crippen LogP contribution in [-0.2, 0) is 19.7 Å². The van der Waals surface area contributed by atoms with Gasteiger partial charge in [-0.05, 0) is 12.8 Å². The molecule has 2 aliphatic heterocycles. The van der Waals surface area contributed by atoms with Crippen molar-refractivity contribution in [2.75, 3.05) is 52.5 Å². The first-order valence-electron chi connectivity index (χ1n) is 8.12. The van der Waals surface area contributed by atoms with Gasteiger partial charge in [0.25, 0.3) is 10.2 Å². The average molecular weight is 333 g/mol. The number of hydrogen-bond acceptors (Lipinski definition) is 4. The first kappa shape index (κ1) is 17.7. The zero-order valence-corrected chi connectivity index (χ0v) is 14.3. The monoisotopic (exact) mass is 333 g/mol. The predicted molar refractivity (Wildman–Crippen MR) is 83.5 cm³/mol. The third-order valence-electron chi connectivity index (χ3n) is 4.48. The van der Waals surface area contributed by atoms with Crippen LogP contribution in [0.15, 0.2) is 0 Å². The van der Waals surface area contributed by atoms with E-state index in [-0.39, 0.29) is 11.8 Å². The number of piperidine rings is 1. The number of morpholine rings is 1. The summed E-state index contributed by atoms with van der Waals surface area (Å²) in [6.45, 7) is 8.00. The van der Waals surface area contributed by atoms with Crippen LogP contribution in [0.25, 0.3) is 0 Å². The molecule has 0 atom stereocenters. The zero-order chi connectivity index (χ0) is 16.2. The molecule has 7 nitrogen and oxygen atoms in total. The molecule has 8 heteroatoms. The normalized spacial score (nSPS) is 22.2. The Morgan fingerprint density at radius 1 is 1.09 bits per heavy atom. The molecule has 0 aromatic carbocycles. The molecule has 2 heterocycles. The molecule has 0 bridgehead atoms. The zero-order valence-electron chi connectivity index (χ0n) is 13.5. The summed E-state index contributed by atoms with van der Waals surface area (Å²) in [4.78, 5) is 14.3. The Kier molecular flexibility index (Phi) is 6.19. The quantitative estimate of drug-likeness (QED) is 0.718. The minimum atomic E-state index is -3.38. The second-order valence-electron chi connectivity index (χ2n) is 5.70. The lowest BCUT2D eigenvalue weighted by Crippen LogP contribution is -2.50. The van der Waals surface area contributed by atoms with Crippen molar-refractivity contribution in [3.8, 4) is 0 Å². The summed E-state index contributed by atoms with van der Waals surface area (Å²) < 4.78 is 33.2. The molecule has 0 N–H and O–H groups in total. The van der Waals surface area contributed by atoms with Crippen molar-refractivity contribution in [2.24, 2.45) is 5.92 Å². The van der Waals surface area contributed by atoms with E-state index in [4.69, 9.17) is 4.74 Å². The van der Waals surface area contributed by atoms with Crippen molar-refractivity contribution in [1.82, 2.24) is 13.5 Å². The minimum Gasteiger partial charge on any atom is -0.378 e. The Balaban J connectivity index is 1.91. The molecule has 0 radical (unpaired) electrons. The minimum absolute atomic E-state index is 0.0544. The van der Waals surface area contributed by atoms with Crippen molar-refractivity contribution in [3.63, 3.8) is 0 Å². The van der Waals surface area contributed by atoms with Crippen molar-refractivity contribution >= 4 is 16.1 Å². The number of carbonyl (C=O) groups excluding carboxylic acids is 1. The summed E-state index contributed by atoms with van der Waals surface area (Å²) in [5, 5.41) is 0. The number of carbonyl (C=O) groups is 1. The summed E-state index contributed by atoms with van der Waals surface area (Å²) in [6, 6.07) is 0. The third kappa shape index (κ3) is 3.79. The van der Waals surface area contributed by atoms with Gasteiger partial charge in [0, 0.05) is 45.2 Å². The van der Waals surface area contributed by atoms with Gasteiger partial charge in [-0.2, -0.15) is 17.0 Å². The van der Waals surface area contributed by atoms with Crippen LogP contribution >= 0.6 is 0 Å². The maximum absolute atomic E-state index is 12.5. The van der Waals surface area contributed by atoms with Gasteiger partial charge in [0.2, 0.25) is 5.91 Å². The molecule has 128 valence electrons. The van der Waals surface area contributed by atoms with Crippen molar-refractivity contribution < 1.29 is 17.9 Å². The Morgan fingerprint density at radius 3 is 2.14 bits per heavy atom. The maximum atomic E-state index is 12.5. The largest absolute Gasteiger partial charge is 0.378 e. The van der Waals surface area contributed by atoms with Crippen LogP contribution in [0.2, 0.25) is 0 Å². The molecule has 0 aromatic rings. The second-order valence-corrected chi connectivity index (χ2v) is 7.63. The highest BCUT2D eigenvalue weighted by molar-refractivity contribution is 7.86. The Labute approximate surface area is 133 Å². The lowest BCUT2D eigenvalue weighted by Gasteiger charge is -2.36. The van der Waals surface area contributed by atoms with Gasteiger partial charge in [-0.15, -0.1) is 0 Å². The van der Waals surface area contributed by atoms with Crippen LogP contribution in [0.3, 0.4) is 0 Å². The molecule has 22 heavy (non-hydrogen) atoms. The highest BCUT2D eigenvalue weighted by Gasteiger charge is 2.35. The Hall–Kier alpha value is -0.700. The summed E-state index contributed by atoms with van der Waals surface area (Å²) in [6.07, 6.45) is 1.22. The van der Waals surface area contributed by atoms with Crippen LogP contribution in [0.4, 0.5) is 0 Å². The van der Waals surface area contributed by atoms with E-state index >= 15 is 0 Å². The van der Waals surface area contributed by atoms with E-state index in [0.717, 1.165) is 0 Å². The summed E-state index contributed by atoms with van der Waals surface area (Å²) in [5.41, 5.74) is 0. The summed E-state index contributed by atoms with van der Waals surface area (Å²) >= 11 is 0. The van der Waals surface area contributed by atoms with E-state index in [2.05, 4.69) is 0 Å². The Morgan fingerprint density at radius 2 is 1.64 bits per heavy atom. The van der Waals surface area contributed by atoms with Crippen molar-refractivity contribution in [2.45, 2.75) is 26.7 Å². The molecule has 2 aliphatic rings. The molecule has 0 unspecified atom stereocenters. The number of rotatable bonds is 5. The van der Waals surface area contributed by atoms with E-state index in [9.17, 15) is 13.2 Å². The second kappa shape index (κ2) is 7.72. The van der Waals surface area contributed by atoms with Crippen LogP contribution in [-0.4, -0.2) is 80.3 Å². The molecular weight excluding hydrogens is 306 g/mol. The van der Waals surface area contributed by atoms with E-state index in [0.29, 0.717) is 65.3 Å². The standard InChI is InChI=1S/C14H27N3O4S/c1-3-16(4-2)22(19,20)17-7-5-13(6-8-17)14(18)15-9-11-21-12-10-15/h13H,3-12H2,1-2H3. The van der Waals surface area contributed by atoms with Gasteiger partial charge in [0.05, 0.1) is 13.2 Å². The van der Waals surface area contributed by atoms with E-state index in [1.54, 1.807) is 0 Å². The number of ether oxygens (including phenoxy) is 1. The number of amides is 1. The van der Waals surface area contributed by atoms with Crippen molar-refractivity contribution in [3.05, 3.63) is 0 Å². The van der Waals surface area contributed by atoms with Crippen LogP contribution in [0.1, 0.15) is 26.7 Å². The van der Waals surface area contributed by atoms with Gasteiger partial charge >= 0.3 is 0 Å². The van der Waals surface area contributed by atoms with Crippen LogP contribution in [0.5, 0.6) is 0 Å². The fourth-order valence-corrected chi connectivity index (χ4v) is 4.74. The molecule has 0 saturated carbocycles. The van der Waals surface area contributed by atoms with Crippen LogP contribution < -0.4 is 0 Å². The molecule has 0 spiro atoms. The molecule has 2 saturated heterocycles. The van der Waals surface area contributed by atoms with E-state index in [1.807, 2.05) is 18.7 Å². The van der Waals surface area contributed by atoms with Gasteiger partial charge in [-0.3, -0.25) is 4.79 Å². The van der Waals surface area contributed by atoms with Gasteiger partial charge in [0.15, 0.2) is 0 Å². The fourth-order valence-electron chi connectivity index (χ4n) is 3.09. The van der Waals surface area contributed by atoms with Gasteiger partial charge in [0.1, 0.15) is 0 Å². The van der Waals surface area contributed by atoms with E-state index in [1.165, 1.54) is 8.61 Å². The number of hydrogen-bond donors (Lipinski definition) is 0. The molecule has 2 fully saturated rings. The maximum Gasteiger partial charge on any atom is 0.281 e. The van der Waals surface area contributed by atoms with Crippen LogP contribution in [0, 0.1) is 5.92 Å². The van der Waals surface area contributed by atoms with E-state index < -0.39 is 10.2 Å². The highest BCUT2D eigenvalue weighted by atomic mass is 32.2. The first-order chi connectivity index (χ1) is 10.5. The first-order valence-corrected chi connectivity index (χ1v) is 9.52. The highest BCUT2D eigenvalue weighted by Crippen LogP contribution is 2.23. The predicted octanol–water partition coefficient (Wildman–Crippen LogP) is 0.144. The lowest BCUT2D eigenvalue weighted by molar-refractivity contribution is -0.140. The summed E-state index contributed by atoms with van der Waals surface area (Å²) in [7, 11) is -3.38. The molecule has 0 aliphatic carbocycles. The molecular formula is C14H27N3O4S. The number of nitrogens with zero attached hydrogens (tertiary/aromatic N) is 3. The summed E-state index contributed by atoms with van der Waals surface area (Å²) in [5.74, 6) is 0.101. The molecule has 1 amide bonds. The van der Waals surface area contributed by atoms with Gasteiger partial charge < -0.3 is 9.64 Å². The Bertz CT molecular complexity index is 464. The topological polar surface area (TPSA) is 70.2 Å². The van der Waals surface area contributed by atoms with Gasteiger partial charge in [-0.25, -0.2) is 0 Å². The SMILES string of the molecule is CCN(CC)S(=O)(=O)N1CCC(C(=O)N2CCOCC2)CC1. The smallest absolute Gasteiger partial charge is 0.281 e. The fraction of sp³-hybridized carbons (Fsp3) is 0.929.